The number of rotatable bonds is 5. The lowest BCUT2D eigenvalue weighted by molar-refractivity contribution is 0.168. The SMILES string of the molecule is CC1=CC2(c3ccccc3-c3ccc(N(C4=CC=CCC4)c4ccc(-c5ccccc5)cc4)c(C4=C=C=NC=C4)c32)C2CC(C)CC1C2. The Morgan fingerprint density at radius 2 is 1.65 bits per heavy atom. The molecule has 1 aliphatic heterocycles. The van der Waals surface area contributed by atoms with Crippen LogP contribution in [-0.4, -0.2) is 5.87 Å². The molecule has 4 aromatic carbocycles. The summed E-state index contributed by atoms with van der Waals surface area (Å²) in [5.74, 6) is 5.01. The second-order valence-corrected chi connectivity index (χ2v) is 14.4. The molecule has 1 saturated carbocycles. The maximum absolute atomic E-state index is 4.31. The van der Waals surface area contributed by atoms with Gasteiger partial charge in [0, 0.05) is 40.0 Å². The number of nitrogens with zero attached hydrogens (tertiary/aromatic N) is 2. The van der Waals surface area contributed by atoms with E-state index in [2.05, 4.69) is 157 Å². The normalized spacial score (nSPS) is 24.5. The second-order valence-electron chi connectivity index (χ2n) is 14.4. The molecule has 0 saturated heterocycles. The summed E-state index contributed by atoms with van der Waals surface area (Å²) in [5.41, 5.74) is 18.9. The second kappa shape index (κ2) is 11.5. The third-order valence-corrected chi connectivity index (χ3v) is 11.5. The van der Waals surface area contributed by atoms with E-state index >= 15 is 0 Å². The molecular weight excluding hydrogens is 581 g/mol. The van der Waals surface area contributed by atoms with Gasteiger partial charge in [-0.05, 0) is 126 Å². The first-order chi connectivity index (χ1) is 23.6. The first-order valence-electron chi connectivity index (χ1n) is 17.6. The van der Waals surface area contributed by atoms with E-state index in [4.69, 9.17) is 0 Å². The fraction of sp³-hybridized carbons (Fsp3) is 0.239. The quantitative estimate of drug-likeness (QED) is 0.160. The highest BCUT2D eigenvalue weighted by Gasteiger charge is 2.53. The third kappa shape index (κ3) is 4.52. The van der Waals surface area contributed by atoms with Crippen LogP contribution < -0.4 is 4.90 Å². The van der Waals surface area contributed by atoms with Crippen molar-refractivity contribution in [2.24, 2.45) is 22.7 Å². The van der Waals surface area contributed by atoms with Crippen molar-refractivity contribution in [2.45, 2.75) is 51.4 Å². The van der Waals surface area contributed by atoms with Gasteiger partial charge in [-0.25, -0.2) is 4.99 Å². The van der Waals surface area contributed by atoms with Gasteiger partial charge in [-0.1, -0.05) is 104 Å². The summed E-state index contributed by atoms with van der Waals surface area (Å²) in [6, 6.07) is 33.8. The molecule has 234 valence electrons. The molecule has 0 amide bonds. The molecule has 2 bridgehead atoms. The summed E-state index contributed by atoms with van der Waals surface area (Å²) < 4.78 is 0. The van der Waals surface area contributed by atoms with E-state index in [1.807, 2.05) is 6.20 Å². The van der Waals surface area contributed by atoms with Gasteiger partial charge in [0.15, 0.2) is 0 Å². The molecule has 2 nitrogen and oxygen atoms in total. The summed E-state index contributed by atoms with van der Waals surface area (Å²) in [6.07, 6.45) is 19.3. The average molecular weight is 621 g/mol. The third-order valence-electron chi connectivity index (χ3n) is 11.5. The van der Waals surface area contributed by atoms with Crippen LogP contribution in [0.5, 0.6) is 0 Å². The summed E-state index contributed by atoms with van der Waals surface area (Å²) in [4.78, 5) is 6.83. The molecule has 48 heavy (non-hydrogen) atoms. The van der Waals surface area contributed by atoms with Gasteiger partial charge in [0.25, 0.3) is 0 Å². The van der Waals surface area contributed by atoms with E-state index in [-0.39, 0.29) is 5.41 Å². The molecule has 0 aromatic heterocycles. The van der Waals surface area contributed by atoms with Crippen molar-refractivity contribution < 1.29 is 0 Å². The Morgan fingerprint density at radius 3 is 2.44 bits per heavy atom. The number of hydrogen-bond donors (Lipinski definition) is 0. The molecule has 0 N–H and O–H groups in total. The van der Waals surface area contributed by atoms with E-state index < -0.39 is 0 Å². The summed E-state index contributed by atoms with van der Waals surface area (Å²) in [7, 11) is 0. The van der Waals surface area contributed by atoms with Crippen LogP contribution in [0.3, 0.4) is 0 Å². The predicted molar refractivity (Wildman–Crippen MR) is 200 cm³/mol. The minimum atomic E-state index is -0.201. The number of fused-ring (bicyclic) bond motifs is 8. The zero-order chi connectivity index (χ0) is 32.2. The molecule has 4 atom stereocenters. The molecule has 2 heteroatoms. The van der Waals surface area contributed by atoms with E-state index in [1.54, 1.807) is 5.57 Å². The lowest BCUT2D eigenvalue weighted by Gasteiger charge is -2.49. The maximum atomic E-state index is 4.31. The standard InChI is InChI=1S/C46H40N2/c1-31-27-36-29-37(28-31)46(30-32(36)2)42-16-10-9-15-40(42)41-21-22-43(44(45(41)46)35-23-25-47-26-24-35)48(38-13-7-4-8-14-38)39-19-17-34(18-20-39)33-11-5-3-6-12-33/h3-7,9-13,15-23,25,30-31,36-37H,8,14,27-29H2,1-2H3. The van der Waals surface area contributed by atoms with Crippen LogP contribution in [0.4, 0.5) is 11.4 Å². The van der Waals surface area contributed by atoms with Gasteiger partial charge in [-0.15, -0.1) is 0 Å². The van der Waals surface area contributed by atoms with Crippen LogP contribution in [-0.2, 0) is 5.41 Å². The lowest BCUT2D eigenvalue weighted by Crippen LogP contribution is -2.43. The van der Waals surface area contributed by atoms with E-state index in [0.29, 0.717) is 17.8 Å². The minimum Gasteiger partial charge on any atom is -0.314 e. The molecule has 1 heterocycles. The Balaban J connectivity index is 1.34. The first kappa shape index (κ1) is 29.0. The summed E-state index contributed by atoms with van der Waals surface area (Å²) in [6.45, 7) is 4.87. The summed E-state index contributed by atoms with van der Waals surface area (Å²) >= 11 is 0. The van der Waals surface area contributed by atoms with Crippen molar-refractivity contribution >= 4 is 22.8 Å². The van der Waals surface area contributed by atoms with Gasteiger partial charge in [0.1, 0.15) is 0 Å². The van der Waals surface area contributed by atoms with Crippen LogP contribution in [0.1, 0.15) is 62.6 Å². The Hall–Kier alpha value is -5.13. The Bertz CT molecular complexity index is 2160. The van der Waals surface area contributed by atoms with Crippen molar-refractivity contribution in [1.82, 2.24) is 0 Å². The molecule has 1 spiro atoms. The number of hydrogen-bond acceptors (Lipinski definition) is 2. The molecular formula is C46H40N2. The number of benzene rings is 4. The van der Waals surface area contributed by atoms with E-state index in [0.717, 1.165) is 18.4 Å². The average Bonchev–Trinajstić information content (AvgIpc) is 3.42. The van der Waals surface area contributed by atoms with Gasteiger partial charge >= 0.3 is 0 Å². The molecule has 9 rings (SSSR count). The fourth-order valence-corrected chi connectivity index (χ4v) is 9.53. The smallest absolute Gasteiger partial charge is 0.0547 e. The Kier molecular flexibility index (Phi) is 6.98. The van der Waals surface area contributed by atoms with Crippen molar-refractivity contribution in [2.75, 3.05) is 4.90 Å². The van der Waals surface area contributed by atoms with Crippen molar-refractivity contribution in [3.63, 3.8) is 0 Å². The fourth-order valence-electron chi connectivity index (χ4n) is 9.53. The van der Waals surface area contributed by atoms with Crippen molar-refractivity contribution in [1.29, 1.82) is 0 Å². The zero-order valence-corrected chi connectivity index (χ0v) is 27.8. The highest BCUT2D eigenvalue weighted by Crippen LogP contribution is 2.63. The number of allylic oxidation sites excluding steroid dienone is 8. The van der Waals surface area contributed by atoms with Crippen LogP contribution in [0, 0.1) is 17.8 Å². The van der Waals surface area contributed by atoms with Crippen LogP contribution in [0.25, 0.3) is 27.8 Å². The van der Waals surface area contributed by atoms with Crippen molar-refractivity contribution in [3.8, 4) is 22.3 Å². The molecule has 4 aliphatic carbocycles. The zero-order valence-electron chi connectivity index (χ0n) is 27.8. The van der Waals surface area contributed by atoms with Gasteiger partial charge < -0.3 is 4.90 Å². The van der Waals surface area contributed by atoms with Crippen molar-refractivity contribution in [3.05, 3.63) is 161 Å². The highest BCUT2D eigenvalue weighted by atomic mass is 15.2. The topological polar surface area (TPSA) is 15.6 Å². The highest BCUT2D eigenvalue weighted by molar-refractivity contribution is 5.98. The minimum absolute atomic E-state index is 0.201. The van der Waals surface area contributed by atoms with Crippen LogP contribution in [0.2, 0.25) is 0 Å². The van der Waals surface area contributed by atoms with Gasteiger partial charge in [-0.3, -0.25) is 0 Å². The lowest BCUT2D eigenvalue weighted by atomic mass is 9.54. The molecule has 1 fully saturated rings. The van der Waals surface area contributed by atoms with E-state index in [1.165, 1.54) is 75.3 Å². The van der Waals surface area contributed by atoms with Gasteiger partial charge in [0.05, 0.1) is 5.69 Å². The monoisotopic (exact) mass is 620 g/mol. The summed E-state index contributed by atoms with van der Waals surface area (Å²) in [5, 5.41) is 0. The van der Waals surface area contributed by atoms with Crippen LogP contribution in [0.15, 0.2) is 150 Å². The largest absolute Gasteiger partial charge is 0.314 e. The number of aliphatic imine (C=N–C) groups is 1. The Morgan fingerprint density at radius 1 is 0.833 bits per heavy atom. The number of anilines is 2. The predicted octanol–water partition coefficient (Wildman–Crippen LogP) is 11.7. The molecule has 0 radical (unpaired) electrons. The molecule has 5 aliphatic rings. The van der Waals surface area contributed by atoms with Gasteiger partial charge in [-0.2, -0.15) is 0 Å². The first-order valence-corrected chi connectivity index (χ1v) is 17.6. The Labute approximate surface area is 284 Å². The molecule has 4 unspecified atom stereocenters. The maximum Gasteiger partial charge on any atom is 0.0547 e. The van der Waals surface area contributed by atoms with Crippen LogP contribution >= 0.6 is 0 Å². The van der Waals surface area contributed by atoms with E-state index in [9.17, 15) is 0 Å². The molecule has 4 aromatic rings. The van der Waals surface area contributed by atoms with Gasteiger partial charge in [0.2, 0.25) is 0 Å².